The Kier molecular flexibility index (Phi) is 0.569. The van der Waals surface area contributed by atoms with E-state index in [0.29, 0.717) is 16.2 Å². The maximum Gasteiger partial charge on any atom is -0.0178 e. The maximum atomic E-state index is 2.43. The molecule has 0 aromatic rings. The van der Waals surface area contributed by atoms with Crippen molar-refractivity contribution in [2.45, 2.75) is 34.6 Å². The van der Waals surface area contributed by atoms with Crippen molar-refractivity contribution in [3.8, 4) is 0 Å². The van der Waals surface area contributed by atoms with Gasteiger partial charge in [0, 0.05) is 0 Å². The van der Waals surface area contributed by atoms with Crippen molar-refractivity contribution in [3.05, 3.63) is 0 Å². The Hall–Kier alpha value is 0. The Morgan fingerprint density at radius 3 is 1.00 bits per heavy atom. The molecule has 0 N–H and O–H groups in total. The zero-order valence-electron chi connectivity index (χ0n) is 7.08. The lowest BCUT2D eigenvalue weighted by atomic mass is 9.77. The lowest BCUT2D eigenvalue weighted by Crippen LogP contribution is -2.21. The van der Waals surface area contributed by atoms with Gasteiger partial charge in [0.1, 0.15) is 0 Å². The Balaban J connectivity index is 2.27. The van der Waals surface area contributed by atoms with Gasteiger partial charge in [-0.1, -0.05) is 34.6 Å². The number of hydrogen-bond acceptors (Lipinski definition) is 0. The fraction of sp³-hybridized carbons (Fsp3) is 1.00. The van der Waals surface area contributed by atoms with Gasteiger partial charge in [-0.2, -0.15) is 0 Å². The molecule has 0 saturated heterocycles. The SMILES string of the molecule is CC1(C)C2C(C)(C)C21C. The van der Waals surface area contributed by atoms with Crippen molar-refractivity contribution in [3.63, 3.8) is 0 Å². The van der Waals surface area contributed by atoms with Crippen LogP contribution in [0.1, 0.15) is 34.6 Å². The minimum absolute atomic E-state index is 0.677. The highest BCUT2D eigenvalue weighted by molar-refractivity contribution is 5.39. The highest BCUT2D eigenvalue weighted by atomic mass is 15.0. The zero-order chi connectivity index (χ0) is 7.08. The minimum Gasteiger partial charge on any atom is -0.0590 e. The number of rotatable bonds is 0. The van der Waals surface area contributed by atoms with Gasteiger partial charge in [-0.05, 0) is 22.2 Å². The summed E-state index contributed by atoms with van der Waals surface area (Å²) in [5, 5.41) is 0. The van der Waals surface area contributed by atoms with Gasteiger partial charge in [0.15, 0.2) is 0 Å². The van der Waals surface area contributed by atoms with Gasteiger partial charge in [0.25, 0.3) is 0 Å². The predicted molar refractivity (Wildman–Crippen MR) is 39.2 cm³/mol. The molecule has 0 aromatic carbocycles. The summed E-state index contributed by atoms with van der Waals surface area (Å²) < 4.78 is 0. The van der Waals surface area contributed by atoms with E-state index in [-0.39, 0.29) is 0 Å². The summed E-state index contributed by atoms with van der Waals surface area (Å²) in [6.45, 7) is 12.0. The molecule has 0 bridgehead atoms. The van der Waals surface area contributed by atoms with E-state index in [1.165, 1.54) is 0 Å². The average molecular weight is 124 g/mol. The molecule has 0 nitrogen and oxygen atoms in total. The standard InChI is InChI=1S/C9H16/c1-7(2)6-8(3,4)9(6,7)5/h6H,1-5H3. The molecular weight excluding hydrogens is 108 g/mol. The molecule has 0 spiro atoms. The topological polar surface area (TPSA) is 0 Å². The summed E-state index contributed by atoms with van der Waals surface area (Å²) in [7, 11) is 0. The average Bonchev–Trinajstić information content (AvgIpc) is 2.21. The summed E-state index contributed by atoms with van der Waals surface area (Å²) in [5.41, 5.74) is 2.06. The van der Waals surface area contributed by atoms with E-state index in [4.69, 9.17) is 0 Å². The molecule has 0 aromatic heterocycles. The summed E-state index contributed by atoms with van der Waals surface area (Å²) >= 11 is 0. The van der Waals surface area contributed by atoms with Crippen molar-refractivity contribution in [1.82, 2.24) is 0 Å². The monoisotopic (exact) mass is 124 g/mol. The smallest absolute Gasteiger partial charge is 0.0178 e. The van der Waals surface area contributed by atoms with Crippen molar-refractivity contribution < 1.29 is 0 Å². The third-order valence-electron chi connectivity index (χ3n) is 4.53. The van der Waals surface area contributed by atoms with Crippen molar-refractivity contribution >= 4 is 0 Å². The van der Waals surface area contributed by atoms with Crippen LogP contribution in [0.5, 0.6) is 0 Å². The lowest BCUT2D eigenvalue weighted by Gasteiger charge is -2.27. The second kappa shape index (κ2) is 0.889. The van der Waals surface area contributed by atoms with E-state index in [1.54, 1.807) is 0 Å². The van der Waals surface area contributed by atoms with Crippen LogP contribution >= 0.6 is 0 Å². The zero-order valence-corrected chi connectivity index (χ0v) is 7.08. The fourth-order valence-electron chi connectivity index (χ4n) is 3.61. The quantitative estimate of drug-likeness (QED) is 0.465. The number of fused-ring (bicyclic) bond motifs is 1. The molecule has 0 aliphatic heterocycles. The molecule has 0 unspecified atom stereocenters. The number of hydrogen-bond donors (Lipinski definition) is 0. The van der Waals surface area contributed by atoms with Crippen molar-refractivity contribution in [1.29, 1.82) is 0 Å². The first-order valence-corrected chi connectivity index (χ1v) is 3.87. The van der Waals surface area contributed by atoms with E-state index in [1.807, 2.05) is 0 Å². The molecule has 0 heteroatoms. The first-order valence-electron chi connectivity index (χ1n) is 3.87. The molecule has 2 saturated carbocycles. The fourth-order valence-corrected chi connectivity index (χ4v) is 3.61. The third-order valence-corrected chi connectivity index (χ3v) is 4.53. The molecule has 2 aliphatic carbocycles. The second-order valence-electron chi connectivity index (χ2n) is 5.08. The van der Waals surface area contributed by atoms with Gasteiger partial charge in [-0.25, -0.2) is 0 Å². The minimum atomic E-state index is 0.677. The highest BCUT2D eigenvalue weighted by Gasteiger charge is 2.92. The van der Waals surface area contributed by atoms with Crippen LogP contribution in [0.2, 0.25) is 0 Å². The molecule has 2 aliphatic rings. The van der Waals surface area contributed by atoms with E-state index in [2.05, 4.69) is 34.6 Å². The maximum absolute atomic E-state index is 2.43. The lowest BCUT2D eigenvalue weighted by molar-refractivity contribution is 0.211. The molecule has 0 amide bonds. The predicted octanol–water partition coefficient (Wildman–Crippen LogP) is 2.69. The van der Waals surface area contributed by atoms with Gasteiger partial charge < -0.3 is 0 Å². The summed E-state index contributed by atoms with van der Waals surface area (Å²) in [5.74, 6) is 1.03. The molecule has 9 heavy (non-hydrogen) atoms. The Morgan fingerprint density at radius 1 is 0.778 bits per heavy atom. The highest BCUT2D eigenvalue weighted by Crippen LogP contribution is 2.97. The molecule has 2 rings (SSSR count). The molecule has 52 valence electrons. The van der Waals surface area contributed by atoms with Crippen LogP contribution in [0.25, 0.3) is 0 Å². The Morgan fingerprint density at radius 2 is 1.00 bits per heavy atom. The largest absolute Gasteiger partial charge is 0.0590 e. The van der Waals surface area contributed by atoms with E-state index >= 15 is 0 Å². The van der Waals surface area contributed by atoms with Crippen molar-refractivity contribution in [2.24, 2.45) is 22.2 Å². The molecule has 0 heterocycles. The second-order valence-corrected chi connectivity index (χ2v) is 5.08. The summed E-state index contributed by atoms with van der Waals surface area (Å²) in [4.78, 5) is 0. The van der Waals surface area contributed by atoms with Crippen LogP contribution in [0.4, 0.5) is 0 Å². The van der Waals surface area contributed by atoms with Crippen LogP contribution in [-0.4, -0.2) is 0 Å². The van der Waals surface area contributed by atoms with Crippen molar-refractivity contribution in [2.75, 3.05) is 0 Å². The molecule has 0 radical (unpaired) electrons. The molecule has 2 fully saturated rings. The van der Waals surface area contributed by atoms with Crippen LogP contribution in [0.15, 0.2) is 0 Å². The van der Waals surface area contributed by atoms with Gasteiger partial charge in [0.05, 0.1) is 0 Å². The third kappa shape index (κ3) is 0.281. The van der Waals surface area contributed by atoms with Gasteiger partial charge in [-0.3, -0.25) is 0 Å². The first kappa shape index (κ1) is 5.76. The molecular formula is C9H16. The van der Waals surface area contributed by atoms with Gasteiger partial charge in [-0.15, -0.1) is 0 Å². The van der Waals surface area contributed by atoms with Crippen LogP contribution in [-0.2, 0) is 0 Å². The summed E-state index contributed by atoms with van der Waals surface area (Å²) in [6.07, 6.45) is 0. The van der Waals surface area contributed by atoms with Crippen LogP contribution in [0, 0.1) is 22.2 Å². The van der Waals surface area contributed by atoms with Crippen LogP contribution in [0.3, 0.4) is 0 Å². The van der Waals surface area contributed by atoms with Gasteiger partial charge >= 0.3 is 0 Å². The van der Waals surface area contributed by atoms with E-state index < -0.39 is 0 Å². The van der Waals surface area contributed by atoms with Crippen LogP contribution < -0.4 is 0 Å². The normalized spacial score (nSPS) is 56.3. The molecule has 0 atom stereocenters. The first-order chi connectivity index (χ1) is 3.87. The van der Waals surface area contributed by atoms with Gasteiger partial charge in [0.2, 0.25) is 0 Å². The Bertz CT molecular complexity index is 158. The van der Waals surface area contributed by atoms with E-state index in [0.717, 1.165) is 5.92 Å². The van der Waals surface area contributed by atoms with E-state index in [9.17, 15) is 0 Å². The summed E-state index contributed by atoms with van der Waals surface area (Å²) in [6, 6.07) is 0. The Labute approximate surface area is 57.6 Å².